The second-order valence-corrected chi connectivity index (χ2v) is 10.1. The van der Waals surface area contributed by atoms with Crippen LogP contribution in [0.4, 0.5) is 0 Å². The van der Waals surface area contributed by atoms with Gasteiger partial charge in [0.15, 0.2) is 5.76 Å². The summed E-state index contributed by atoms with van der Waals surface area (Å²) in [5.41, 5.74) is 5.55. The molecule has 1 aliphatic rings. The molecule has 176 valence electrons. The van der Waals surface area contributed by atoms with Gasteiger partial charge in [-0.1, -0.05) is 81.8 Å². The monoisotopic (exact) mass is 529 g/mol. The van der Waals surface area contributed by atoms with Gasteiger partial charge in [0.2, 0.25) is 0 Å². The van der Waals surface area contributed by atoms with Crippen molar-refractivity contribution in [3.8, 4) is 22.5 Å². The Balaban J connectivity index is 1.33. The first-order valence-corrected chi connectivity index (χ1v) is 12.3. The normalized spacial score (nSPS) is 14.0. The third-order valence-corrected chi connectivity index (χ3v) is 7.22. The molecule has 0 amide bonds. The zero-order valence-corrected chi connectivity index (χ0v) is 20.8. The highest BCUT2D eigenvalue weighted by Crippen LogP contribution is 2.48. The first-order valence-electron chi connectivity index (χ1n) is 11.5. The number of aryl methyl sites for hydroxylation is 1. The van der Waals surface area contributed by atoms with Gasteiger partial charge in [0.05, 0.1) is 11.1 Å². The van der Waals surface area contributed by atoms with E-state index in [0.717, 1.165) is 43.5 Å². The maximum Gasteiger partial charge on any atom is 0.314 e. The van der Waals surface area contributed by atoms with E-state index in [1.54, 1.807) is 0 Å². The molecule has 0 radical (unpaired) electrons. The summed E-state index contributed by atoms with van der Waals surface area (Å²) >= 11 is 3.45. The van der Waals surface area contributed by atoms with Crippen molar-refractivity contribution < 1.29 is 19.2 Å². The Morgan fingerprint density at radius 1 is 0.943 bits per heavy atom. The lowest BCUT2D eigenvalue weighted by Gasteiger charge is -2.11. The molecule has 0 bridgehead atoms. The molecule has 1 N–H and O–H groups in total. The molecule has 3 aromatic carbocycles. The first-order chi connectivity index (χ1) is 16.9. The summed E-state index contributed by atoms with van der Waals surface area (Å²) in [5.74, 6) is -0.0332. The summed E-state index contributed by atoms with van der Waals surface area (Å²) in [7, 11) is 0. The van der Waals surface area contributed by atoms with Gasteiger partial charge in [-0.3, -0.25) is 9.59 Å². The Bertz CT molecular complexity index is 1400. The predicted molar refractivity (Wildman–Crippen MR) is 137 cm³/mol. The summed E-state index contributed by atoms with van der Waals surface area (Å²) in [6, 6.07) is 23.5. The number of carboxylic acid groups (broad SMARTS) is 1. The van der Waals surface area contributed by atoms with Gasteiger partial charge >= 0.3 is 5.97 Å². The Kier molecular flexibility index (Phi) is 6.15. The molecule has 0 unspecified atom stereocenters. The standard InChI is InChI=1S/C29H24BrNO4/c1-18-26(17-25(32)16-19-3-2-4-24(30)15-19)27(35-31-18)22-7-5-20(6-8-22)21-9-11-23(12-10-21)29(13-14-29)28(33)34/h2-12,15H,13-14,16-17H2,1H3,(H,33,34). The van der Waals surface area contributed by atoms with Crippen molar-refractivity contribution in [3.63, 3.8) is 0 Å². The highest BCUT2D eigenvalue weighted by atomic mass is 79.9. The molecule has 4 aromatic rings. The zero-order chi connectivity index (χ0) is 24.6. The number of halogens is 1. The fraction of sp³-hybridized carbons (Fsp3) is 0.207. The molecule has 35 heavy (non-hydrogen) atoms. The van der Waals surface area contributed by atoms with Gasteiger partial charge in [0.25, 0.3) is 0 Å². The van der Waals surface area contributed by atoms with E-state index in [4.69, 9.17) is 4.52 Å². The number of ketones is 1. The summed E-state index contributed by atoms with van der Waals surface area (Å²) in [4.78, 5) is 24.4. The van der Waals surface area contributed by atoms with Crippen LogP contribution in [0.15, 0.2) is 81.8 Å². The van der Waals surface area contributed by atoms with E-state index >= 15 is 0 Å². The Hall–Kier alpha value is -3.51. The third-order valence-electron chi connectivity index (χ3n) is 6.73. The van der Waals surface area contributed by atoms with E-state index in [9.17, 15) is 14.7 Å². The van der Waals surface area contributed by atoms with E-state index < -0.39 is 11.4 Å². The number of aliphatic carboxylic acids is 1. The molecule has 1 aliphatic carbocycles. The molecule has 5 nitrogen and oxygen atoms in total. The van der Waals surface area contributed by atoms with Crippen LogP contribution in [0.25, 0.3) is 22.5 Å². The summed E-state index contributed by atoms with van der Waals surface area (Å²) < 4.78 is 6.57. The Labute approximate surface area is 211 Å². The minimum absolute atomic E-state index is 0.0992. The number of carbonyl (C=O) groups excluding carboxylic acids is 1. The number of Topliss-reactive ketones (excluding diaryl/α,β-unsaturated/α-hetero) is 1. The van der Waals surface area contributed by atoms with Crippen LogP contribution in [-0.4, -0.2) is 22.0 Å². The molecule has 0 spiro atoms. The minimum Gasteiger partial charge on any atom is -0.481 e. The zero-order valence-electron chi connectivity index (χ0n) is 19.3. The molecule has 0 atom stereocenters. The summed E-state index contributed by atoms with van der Waals surface area (Å²) in [6.07, 6.45) is 1.99. The largest absolute Gasteiger partial charge is 0.481 e. The molecule has 6 heteroatoms. The lowest BCUT2D eigenvalue weighted by Crippen LogP contribution is -2.19. The van der Waals surface area contributed by atoms with Crippen molar-refractivity contribution in [2.75, 3.05) is 0 Å². The number of nitrogens with zero attached hydrogens (tertiary/aromatic N) is 1. The second-order valence-electron chi connectivity index (χ2n) is 9.14. The molecule has 1 heterocycles. The van der Waals surface area contributed by atoms with Crippen molar-refractivity contribution in [3.05, 3.63) is 99.7 Å². The quantitative estimate of drug-likeness (QED) is 0.280. The summed E-state index contributed by atoms with van der Waals surface area (Å²) in [6.45, 7) is 1.86. The number of hydrogen-bond donors (Lipinski definition) is 1. The minimum atomic E-state index is -0.747. The third kappa shape index (κ3) is 4.71. The highest BCUT2D eigenvalue weighted by Gasteiger charge is 2.51. The van der Waals surface area contributed by atoms with Crippen LogP contribution in [0.5, 0.6) is 0 Å². The molecular formula is C29H24BrNO4. The molecule has 0 saturated heterocycles. The lowest BCUT2D eigenvalue weighted by molar-refractivity contribution is -0.140. The number of benzene rings is 3. The number of carboxylic acids is 1. The first kappa shape index (κ1) is 23.2. The molecule has 1 fully saturated rings. The molecule has 5 rings (SSSR count). The van der Waals surface area contributed by atoms with Crippen LogP contribution >= 0.6 is 15.9 Å². The molecule has 1 aromatic heterocycles. The number of carbonyl (C=O) groups is 2. The van der Waals surface area contributed by atoms with Gasteiger partial charge in [-0.15, -0.1) is 0 Å². The van der Waals surface area contributed by atoms with Crippen molar-refractivity contribution in [2.24, 2.45) is 0 Å². The van der Waals surface area contributed by atoms with Crippen molar-refractivity contribution in [1.82, 2.24) is 5.16 Å². The summed E-state index contributed by atoms with van der Waals surface area (Å²) in [5, 5.41) is 13.6. The van der Waals surface area contributed by atoms with E-state index in [1.165, 1.54) is 0 Å². The van der Waals surface area contributed by atoms with E-state index in [0.29, 0.717) is 25.0 Å². The van der Waals surface area contributed by atoms with E-state index in [2.05, 4.69) is 21.1 Å². The second kappa shape index (κ2) is 9.27. The molecular weight excluding hydrogens is 506 g/mol. The Morgan fingerprint density at radius 3 is 2.17 bits per heavy atom. The van der Waals surface area contributed by atoms with Gasteiger partial charge in [0, 0.05) is 28.4 Å². The van der Waals surface area contributed by atoms with Crippen LogP contribution in [-0.2, 0) is 27.8 Å². The number of aromatic nitrogens is 1. The smallest absolute Gasteiger partial charge is 0.314 e. The van der Waals surface area contributed by atoms with Gasteiger partial charge in [-0.2, -0.15) is 0 Å². The van der Waals surface area contributed by atoms with E-state index in [-0.39, 0.29) is 12.2 Å². The van der Waals surface area contributed by atoms with Gasteiger partial charge in [-0.05, 0) is 54.2 Å². The predicted octanol–water partition coefficient (Wildman–Crippen LogP) is 6.55. The average Bonchev–Trinajstić information content (AvgIpc) is 3.59. The van der Waals surface area contributed by atoms with Crippen LogP contribution in [0.2, 0.25) is 0 Å². The van der Waals surface area contributed by atoms with E-state index in [1.807, 2.05) is 79.7 Å². The fourth-order valence-corrected chi connectivity index (χ4v) is 4.95. The number of hydrogen-bond acceptors (Lipinski definition) is 4. The van der Waals surface area contributed by atoms with Crippen molar-refractivity contribution in [1.29, 1.82) is 0 Å². The maximum atomic E-state index is 12.8. The maximum absolute atomic E-state index is 12.8. The van der Waals surface area contributed by atoms with Crippen molar-refractivity contribution >= 4 is 27.7 Å². The van der Waals surface area contributed by atoms with Gasteiger partial charge < -0.3 is 9.63 Å². The average molecular weight is 530 g/mol. The van der Waals surface area contributed by atoms with Crippen LogP contribution < -0.4 is 0 Å². The van der Waals surface area contributed by atoms with Crippen LogP contribution in [0.1, 0.15) is 35.2 Å². The molecule has 0 aliphatic heterocycles. The SMILES string of the molecule is Cc1noc(-c2ccc(-c3ccc(C4(C(=O)O)CC4)cc3)cc2)c1CC(=O)Cc1cccc(Br)c1. The van der Waals surface area contributed by atoms with Gasteiger partial charge in [-0.25, -0.2) is 0 Å². The fourth-order valence-electron chi connectivity index (χ4n) is 4.50. The topological polar surface area (TPSA) is 80.4 Å². The lowest BCUT2D eigenvalue weighted by atomic mass is 9.93. The van der Waals surface area contributed by atoms with Crippen LogP contribution in [0.3, 0.4) is 0 Å². The van der Waals surface area contributed by atoms with Crippen LogP contribution in [0, 0.1) is 6.92 Å². The Morgan fingerprint density at radius 2 is 1.57 bits per heavy atom. The number of rotatable bonds is 8. The highest BCUT2D eigenvalue weighted by molar-refractivity contribution is 9.10. The molecule has 1 saturated carbocycles. The van der Waals surface area contributed by atoms with Crippen molar-refractivity contribution in [2.45, 2.75) is 38.0 Å². The van der Waals surface area contributed by atoms with Gasteiger partial charge in [0.1, 0.15) is 5.78 Å².